The van der Waals surface area contributed by atoms with Crippen LogP contribution in [-0.2, 0) is 13.0 Å². The van der Waals surface area contributed by atoms with Crippen LogP contribution >= 0.6 is 15.9 Å². The van der Waals surface area contributed by atoms with Crippen molar-refractivity contribution in [3.8, 4) is 0 Å². The Balaban J connectivity index is 1.99. The molecule has 0 unspecified atom stereocenters. The molecule has 0 radical (unpaired) electrons. The molecule has 1 fully saturated rings. The molecule has 0 bridgehead atoms. The zero-order valence-electron chi connectivity index (χ0n) is 11.3. The largest absolute Gasteiger partial charge is 0.317 e. The van der Waals surface area contributed by atoms with E-state index < -0.39 is 0 Å². The van der Waals surface area contributed by atoms with Crippen LogP contribution in [0.4, 0.5) is 0 Å². The van der Waals surface area contributed by atoms with Gasteiger partial charge in [0.15, 0.2) is 0 Å². The third-order valence-electron chi connectivity index (χ3n) is 3.60. The summed E-state index contributed by atoms with van der Waals surface area (Å²) >= 11 is 3.64. The number of aromatic nitrogens is 2. The van der Waals surface area contributed by atoms with E-state index in [4.69, 9.17) is 0 Å². The summed E-state index contributed by atoms with van der Waals surface area (Å²) in [5.41, 5.74) is 1.36. The van der Waals surface area contributed by atoms with Crippen LogP contribution < -0.4 is 5.32 Å². The highest BCUT2D eigenvalue weighted by Gasteiger charge is 2.18. The Kier molecular flexibility index (Phi) is 5.21. The summed E-state index contributed by atoms with van der Waals surface area (Å²) in [6, 6.07) is 0. The van der Waals surface area contributed by atoms with E-state index >= 15 is 0 Å². The van der Waals surface area contributed by atoms with Gasteiger partial charge in [0.05, 0.1) is 22.9 Å². The van der Waals surface area contributed by atoms with Gasteiger partial charge in [0.2, 0.25) is 0 Å². The number of likely N-dealkylation sites (N-methyl/N-ethyl adjacent to an activating group) is 1. The molecule has 18 heavy (non-hydrogen) atoms. The van der Waals surface area contributed by atoms with Crippen LogP contribution in [0.5, 0.6) is 0 Å². The quantitative estimate of drug-likeness (QED) is 0.899. The van der Waals surface area contributed by atoms with Gasteiger partial charge in [-0.05, 0) is 68.3 Å². The molecular weight excluding hydrogens is 292 g/mol. The standard InChI is InChI=1S/C13H23BrN4/c1-17(2)7-8-18-13(12(14)10-16-18)9-11-3-5-15-6-4-11/h10-11,15H,3-9H2,1-2H3. The van der Waals surface area contributed by atoms with E-state index in [9.17, 15) is 0 Å². The van der Waals surface area contributed by atoms with Gasteiger partial charge in [-0.25, -0.2) is 0 Å². The van der Waals surface area contributed by atoms with Gasteiger partial charge in [-0.3, -0.25) is 4.68 Å². The van der Waals surface area contributed by atoms with Crippen LogP contribution in [0.2, 0.25) is 0 Å². The molecule has 5 heteroatoms. The molecule has 1 aliphatic heterocycles. The number of nitrogens with zero attached hydrogens (tertiary/aromatic N) is 3. The molecule has 0 saturated carbocycles. The Hall–Kier alpha value is -0.390. The average Bonchev–Trinajstić information content (AvgIpc) is 2.70. The molecule has 2 heterocycles. The van der Waals surface area contributed by atoms with Crippen molar-refractivity contribution in [2.75, 3.05) is 33.7 Å². The van der Waals surface area contributed by atoms with Crippen molar-refractivity contribution in [1.82, 2.24) is 20.0 Å². The fourth-order valence-electron chi connectivity index (χ4n) is 2.44. The molecule has 1 aromatic rings. The van der Waals surface area contributed by atoms with E-state index in [1.807, 2.05) is 6.20 Å². The maximum Gasteiger partial charge on any atom is 0.0635 e. The highest BCUT2D eigenvalue weighted by atomic mass is 79.9. The van der Waals surface area contributed by atoms with Crippen molar-refractivity contribution in [2.24, 2.45) is 5.92 Å². The fraction of sp³-hybridized carbons (Fsp3) is 0.769. The first-order valence-corrected chi connectivity index (χ1v) is 7.51. The predicted molar refractivity (Wildman–Crippen MR) is 77.8 cm³/mol. The molecule has 1 saturated heterocycles. The Morgan fingerprint density at radius 3 is 2.83 bits per heavy atom. The van der Waals surface area contributed by atoms with E-state index in [2.05, 4.69) is 50.0 Å². The Morgan fingerprint density at radius 2 is 2.17 bits per heavy atom. The zero-order valence-corrected chi connectivity index (χ0v) is 12.9. The van der Waals surface area contributed by atoms with E-state index in [-0.39, 0.29) is 0 Å². The highest BCUT2D eigenvalue weighted by molar-refractivity contribution is 9.10. The third-order valence-corrected chi connectivity index (χ3v) is 4.26. The van der Waals surface area contributed by atoms with Gasteiger partial charge in [0, 0.05) is 6.54 Å². The van der Waals surface area contributed by atoms with Gasteiger partial charge in [-0.15, -0.1) is 0 Å². The Bertz CT molecular complexity index is 369. The lowest BCUT2D eigenvalue weighted by atomic mass is 9.93. The second-order valence-corrected chi connectivity index (χ2v) is 6.22. The SMILES string of the molecule is CN(C)CCn1ncc(Br)c1CC1CCNCC1. The average molecular weight is 315 g/mol. The number of hydrogen-bond acceptors (Lipinski definition) is 3. The minimum Gasteiger partial charge on any atom is -0.317 e. The van der Waals surface area contributed by atoms with Gasteiger partial charge >= 0.3 is 0 Å². The zero-order chi connectivity index (χ0) is 13.0. The molecular formula is C13H23BrN4. The smallest absolute Gasteiger partial charge is 0.0635 e. The summed E-state index contributed by atoms with van der Waals surface area (Å²) < 4.78 is 3.33. The first-order valence-electron chi connectivity index (χ1n) is 6.72. The summed E-state index contributed by atoms with van der Waals surface area (Å²) in [7, 11) is 4.20. The fourth-order valence-corrected chi connectivity index (χ4v) is 2.90. The molecule has 2 rings (SSSR count). The number of piperidine rings is 1. The van der Waals surface area contributed by atoms with Crippen molar-refractivity contribution in [3.05, 3.63) is 16.4 Å². The van der Waals surface area contributed by atoms with Gasteiger partial charge < -0.3 is 10.2 Å². The minimum absolute atomic E-state index is 0.803. The molecule has 0 aromatic carbocycles. The molecule has 1 aliphatic rings. The van der Waals surface area contributed by atoms with Crippen molar-refractivity contribution >= 4 is 15.9 Å². The van der Waals surface area contributed by atoms with Crippen molar-refractivity contribution in [3.63, 3.8) is 0 Å². The van der Waals surface area contributed by atoms with Crippen LogP contribution in [0.25, 0.3) is 0 Å². The summed E-state index contributed by atoms with van der Waals surface area (Å²) in [4.78, 5) is 2.20. The van der Waals surface area contributed by atoms with E-state index in [1.165, 1.54) is 23.0 Å². The third kappa shape index (κ3) is 3.80. The Morgan fingerprint density at radius 1 is 1.44 bits per heavy atom. The minimum atomic E-state index is 0.803. The first kappa shape index (κ1) is 14.0. The van der Waals surface area contributed by atoms with Crippen LogP contribution in [0, 0.1) is 5.92 Å². The molecule has 102 valence electrons. The molecule has 1 N–H and O–H groups in total. The lowest BCUT2D eigenvalue weighted by Gasteiger charge is -2.23. The van der Waals surface area contributed by atoms with Crippen molar-refractivity contribution < 1.29 is 0 Å². The summed E-state index contributed by atoms with van der Waals surface area (Å²) in [5.74, 6) is 0.803. The van der Waals surface area contributed by atoms with E-state index in [1.54, 1.807) is 0 Å². The topological polar surface area (TPSA) is 33.1 Å². The second kappa shape index (κ2) is 6.68. The normalized spacial score (nSPS) is 17.6. The lowest BCUT2D eigenvalue weighted by molar-refractivity contribution is 0.346. The van der Waals surface area contributed by atoms with Gasteiger partial charge in [0.25, 0.3) is 0 Å². The monoisotopic (exact) mass is 314 g/mol. The Labute approximate surface area is 118 Å². The van der Waals surface area contributed by atoms with Gasteiger partial charge in [-0.2, -0.15) is 5.10 Å². The number of halogens is 1. The van der Waals surface area contributed by atoms with Crippen LogP contribution in [0.15, 0.2) is 10.7 Å². The molecule has 0 atom stereocenters. The molecule has 4 nitrogen and oxygen atoms in total. The predicted octanol–water partition coefficient (Wildman–Crippen LogP) is 1.75. The summed E-state index contributed by atoms with van der Waals surface area (Å²) in [6.07, 6.45) is 5.65. The number of hydrogen-bond donors (Lipinski definition) is 1. The molecule has 0 spiro atoms. The van der Waals surface area contributed by atoms with Crippen LogP contribution in [0.1, 0.15) is 18.5 Å². The first-order chi connectivity index (χ1) is 8.66. The van der Waals surface area contributed by atoms with Crippen molar-refractivity contribution in [2.45, 2.75) is 25.8 Å². The highest BCUT2D eigenvalue weighted by Crippen LogP contribution is 2.23. The maximum atomic E-state index is 4.48. The molecule has 0 aliphatic carbocycles. The maximum absolute atomic E-state index is 4.48. The van der Waals surface area contributed by atoms with Gasteiger partial charge in [0.1, 0.15) is 0 Å². The molecule has 0 amide bonds. The number of rotatable bonds is 5. The second-order valence-electron chi connectivity index (χ2n) is 5.36. The summed E-state index contributed by atoms with van der Waals surface area (Å²) in [5, 5.41) is 7.90. The van der Waals surface area contributed by atoms with Gasteiger partial charge in [-0.1, -0.05) is 0 Å². The van der Waals surface area contributed by atoms with Crippen LogP contribution in [-0.4, -0.2) is 48.4 Å². The van der Waals surface area contributed by atoms with E-state index in [0.29, 0.717) is 0 Å². The molecule has 1 aromatic heterocycles. The summed E-state index contributed by atoms with van der Waals surface area (Å²) in [6.45, 7) is 4.33. The van der Waals surface area contributed by atoms with E-state index in [0.717, 1.165) is 38.5 Å². The number of nitrogens with one attached hydrogen (secondary N) is 1. The van der Waals surface area contributed by atoms with Crippen LogP contribution in [0.3, 0.4) is 0 Å². The lowest BCUT2D eigenvalue weighted by Crippen LogP contribution is -2.29. The van der Waals surface area contributed by atoms with Crippen molar-refractivity contribution in [1.29, 1.82) is 0 Å².